The van der Waals surface area contributed by atoms with E-state index in [1.807, 2.05) is 19.1 Å². The van der Waals surface area contributed by atoms with E-state index in [0.29, 0.717) is 23.9 Å². The number of halogens is 4. The van der Waals surface area contributed by atoms with Gasteiger partial charge in [-0.25, -0.2) is 9.37 Å². The second-order valence-electron chi connectivity index (χ2n) is 9.97. The molecule has 3 heterocycles. The van der Waals surface area contributed by atoms with Crippen LogP contribution in [-0.4, -0.2) is 54.6 Å². The largest absolute Gasteiger partial charge is 0.481 e. The van der Waals surface area contributed by atoms with Gasteiger partial charge in [0.15, 0.2) is 18.2 Å². The average Bonchev–Trinajstić information content (AvgIpc) is 3.43. The number of hydrogen-bond acceptors (Lipinski definition) is 5. The van der Waals surface area contributed by atoms with Gasteiger partial charge in [0.1, 0.15) is 5.82 Å². The van der Waals surface area contributed by atoms with E-state index >= 15 is 0 Å². The summed E-state index contributed by atoms with van der Waals surface area (Å²) in [7, 11) is 0. The number of rotatable bonds is 6. The average molecular weight is 531 g/mol. The van der Waals surface area contributed by atoms with Crippen molar-refractivity contribution >= 4 is 28.3 Å². The topological polar surface area (TPSA) is 57.7 Å². The number of carbonyl (C=O) groups is 1. The van der Waals surface area contributed by atoms with Crippen LogP contribution in [-0.2, 0) is 11.0 Å². The Labute approximate surface area is 218 Å². The van der Waals surface area contributed by atoms with Crippen molar-refractivity contribution in [2.75, 3.05) is 43.0 Å². The summed E-state index contributed by atoms with van der Waals surface area (Å²) in [6.45, 7) is 5.85. The molecule has 2 aromatic carbocycles. The fourth-order valence-corrected chi connectivity index (χ4v) is 5.32. The number of nitrogens with one attached hydrogen (secondary N) is 1. The molecule has 0 bridgehead atoms. The van der Waals surface area contributed by atoms with Gasteiger partial charge in [0, 0.05) is 30.2 Å². The third-order valence-corrected chi connectivity index (χ3v) is 7.35. The van der Waals surface area contributed by atoms with Crippen LogP contribution in [0.1, 0.15) is 36.8 Å². The molecule has 202 valence electrons. The van der Waals surface area contributed by atoms with Crippen LogP contribution in [0.2, 0.25) is 0 Å². The molecule has 1 amide bonds. The lowest BCUT2D eigenvalue weighted by atomic mass is 10.0. The predicted molar refractivity (Wildman–Crippen MR) is 138 cm³/mol. The highest BCUT2D eigenvalue weighted by Crippen LogP contribution is 2.32. The fourth-order valence-electron chi connectivity index (χ4n) is 5.32. The number of aromatic nitrogens is 1. The minimum atomic E-state index is -4.66. The van der Waals surface area contributed by atoms with Crippen molar-refractivity contribution in [2.24, 2.45) is 0 Å². The molecule has 0 unspecified atom stereocenters. The molecule has 0 spiro atoms. The molecule has 38 heavy (non-hydrogen) atoms. The van der Waals surface area contributed by atoms with Crippen LogP contribution in [0.15, 0.2) is 42.5 Å². The van der Waals surface area contributed by atoms with E-state index in [1.54, 1.807) is 6.07 Å². The van der Waals surface area contributed by atoms with Crippen LogP contribution in [0.5, 0.6) is 5.75 Å². The third kappa shape index (κ3) is 5.85. The Morgan fingerprint density at radius 3 is 2.47 bits per heavy atom. The number of ether oxygens (including phenoxy) is 1. The SMILES string of the molecule is Cc1cc(N2CCC(N3CCCC3)CC2)nc2ccc(NC(=O)COc3ccc(C(F)(F)F)cc3F)cc12. The Hall–Kier alpha value is -3.40. The van der Waals surface area contributed by atoms with E-state index in [-0.39, 0.29) is 0 Å². The maximum absolute atomic E-state index is 14.0. The molecule has 1 N–H and O–H groups in total. The molecular formula is C28H30F4N4O2. The zero-order valence-electron chi connectivity index (χ0n) is 21.2. The highest BCUT2D eigenvalue weighted by Gasteiger charge is 2.31. The number of likely N-dealkylation sites (tertiary alicyclic amines) is 1. The number of alkyl halides is 3. The zero-order valence-corrected chi connectivity index (χ0v) is 21.2. The van der Waals surface area contributed by atoms with Gasteiger partial charge in [-0.05, 0) is 93.7 Å². The summed E-state index contributed by atoms with van der Waals surface area (Å²) in [5.41, 5.74) is 1.25. The van der Waals surface area contributed by atoms with Crippen LogP contribution in [0.25, 0.3) is 10.9 Å². The first-order valence-corrected chi connectivity index (χ1v) is 12.9. The third-order valence-electron chi connectivity index (χ3n) is 7.35. The van der Waals surface area contributed by atoms with Crippen LogP contribution in [0.4, 0.5) is 29.1 Å². The smallest absolute Gasteiger partial charge is 0.416 e. The molecule has 0 aliphatic carbocycles. The number of aryl methyl sites for hydroxylation is 1. The lowest BCUT2D eigenvalue weighted by Crippen LogP contribution is -2.44. The van der Waals surface area contributed by atoms with Gasteiger partial charge < -0.3 is 19.9 Å². The Bertz CT molecular complexity index is 1320. The Balaban J connectivity index is 1.20. The van der Waals surface area contributed by atoms with Crippen LogP contribution in [0.3, 0.4) is 0 Å². The second kappa shape index (κ2) is 10.8. The standard InChI is InChI=1S/C28H30F4N4O2/c1-18-14-26(36-12-8-21(9-13-36)35-10-2-3-11-35)34-24-6-5-20(16-22(18)24)33-27(37)17-38-25-7-4-19(15-23(25)29)28(30,31)32/h4-7,14-16,21H,2-3,8-13,17H2,1H3,(H,33,37). The van der Waals surface area contributed by atoms with Crippen LogP contribution < -0.4 is 15.0 Å². The maximum atomic E-state index is 14.0. The summed E-state index contributed by atoms with van der Waals surface area (Å²) in [5, 5.41) is 3.58. The van der Waals surface area contributed by atoms with Crippen LogP contribution >= 0.6 is 0 Å². The van der Waals surface area contributed by atoms with Crippen molar-refractivity contribution in [1.82, 2.24) is 9.88 Å². The lowest BCUT2D eigenvalue weighted by Gasteiger charge is -2.37. The van der Waals surface area contributed by atoms with Gasteiger partial charge in [-0.2, -0.15) is 13.2 Å². The highest BCUT2D eigenvalue weighted by molar-refractivity contribution is 5.95. The van der Waals surface area contributed by atoms with E-state index < -0.39 is 35.8 Å². The van der Waals surface area contributed by atoms with E-state index in [4.69, 9.17) is 9.72 Å². The van der Waals surface area contributed by atoms with Crippen molar-refractivity contribution in [1.29, 1.82) is 0 Å². The zero-order chi connectivity index (χ0) is 26.9. The van der Waals surface area contributed by atoms with E-state index in [9.17, 15) is 22.4 Å². The van der Waals surface area contributed by atoms with E-state index in [1.165, 1.54) is 25.9 Å². The van der Waals surface area contributed by atoms with Gasteiger partial charge in [0.2, 0.25) is 0 Å². The summed E-state index contributed by atoms with van der Waals surface area (Å²) in [4.78, 5) is 22.2. The van der Waals surface area contributed by atoms with Crippen molar-refractivity contribution in [2.45, 2.75) is 44.8 Å². The van der Waals surface area contributed by atoms with E-state index in [2.05, 4.69) is 21.2 Å². The molecule has 10 heteroatoms. The number of amides is 1. The van der Waals surface area contributed by atoms with E-state index in [0.717, 1.165) is 54.3 Å². The molecule has 0 radical (unpaired) electrons. The molecule has 2 saturated heterocycles. The van der Waals surface area contributed by atoms with Gasteiger partial charge in [-0.15, -0.1) is 0 Å². The molecule has 6 nitrogen and oxygen atoms in total. The summed E-state index contributed by atoms with van der Waals surface area (Å²) in [6.07, 6.45) is 0.229. The molecule has 1 aromatic heterocycles. The molecule has 3 aromatic rings. The number of nitrogens with zero attached hydrogens (tertiary/aromatic N) is 3. The first-order chi connectivity index (χ1) is 18.2. The number of hydrogen-bond donors (Lipinski definition) is 1. The summed E-state index contributed by atoms with van der Waals surface area (Å²) in [6, 6.07) is 10.0. The molecule has 2 fully saturated rings. The van der Waals surface area contributed by atoms with Gasteiger partial charge in [-0.1, -0.05) is 0 Å². The molecular weight excluding hydrogens is 500 g/mol. The lowest BCUT2D eigenvalue weighted by molar-refractivity contribution is -0.137. The summed E-state index contributed by atoms with van der Waals surface area (Å²) in [5.74, 6) is -1.22. The quantitative estimate of drug-likeness (QED) is 0.410. The summed E-state index contributed by atoms with van der Waals surface area (Å²) < 4.78 is 57.2. The van der Waals surface area contributed by atoms with Gasteiger partial charge in [-0.3, -0.25) is 4.79 Å². The van der Waals surface area contributed by atoms with Crippen molar-refractivity contribution in [3.63, 3.8) is 0 Å². The number of carbonyl (C=O) groups excluding carboxylic acids is 1. The Kier molecular flexibility index (Phi) is 7.43. The van der Waals surface area contributed by atoms with Crippen molar-refractivity contribution in [3.05, 3.63) is 59.4 Å². The maximum Gasteiger partial charge on any atom is 0.416 e. The summed E-state index contributed by atoms with van der Waals surface area (Å²) >= 11 is 0. The number of benzene rings is 2. The number of anilines is 2. The molecule has 0 saturated carbocycles. The number of piperidine rings is 1. The minimum absolute atomic E-state index is 0.344. The Morgan fingerprint density at radius 1 is 1.05 bits per heavy atom. The molecule has 2 aliphatic rings. The molecule has 2 aliphatic heterocycles. The second-order valence-corrected chi connectivity index (χ2v) is 9.97. The van der Waals surface area contributed by atoms with Gasteiger partial charge in [0.05, 0.1) is 11.1 Å². The predicted octanol–water partition coefficient (Wildman–Crippen LogP) is 5.78. The van der Waals surface area contributed by atoms with Crippen molar-refractivity contribution < 1.29 is 27.1 Å². The molecule has 5 rings (SSSR count). The van der Waals surface area contributed by atoms with Crippen LogP contribution in [0, 0.1) is 12.7 Å². The van der Waals surface area contributed by atoms with Crippen molar-refractivity contribution in [3.8, 4) is 5.75 Å². The fraction of sp³-hybridized carbons (Fsp3) is 0.429. The van der Waals surface area contributed by atoms with Gasteiger partial charge >= 0.3 is 6.18 Å². The minimum Gasteiger partial charge on any atom is -0.481 e. The van der Waals surface area contributed by atoms with Gasteiger partial charge in [0.25, 0.3) is 5.91 Å². The molecule has 0 atom stereocenters. The highest BCUT2D eigenvalue weighted by atomic mass is 19.4. The first-order valence-electron chi connectivity index (χ1n) is 12.9. The number of pyridine rings is 1. The monoisotopic (exact) mass is 530 g/mol. The normalized spacial score (nSPS) is 17.2. The Morgan fingerprint density at radius 2 is 1.79 bits per heavy atom. The number of fused-ring (bicyclic) bond motifs is 1. The first kappa shape index (κ1) is 26.2.